The largest absolute Gasteiger partial charge is 0.491 e. The molecule has 0 N–H and O–H groups in total. The monoisotopic (exact) mass is 405 g/mol. The van der Waals surface area contributed by atoms with Gasteiger partial charge in [-0.05, 0) is 51.2 Å². The fourth-order valence-corrected chi connectivity index (χ4v) is 3.74. The SMILES string of the molecule is CN(C)CCOc1ccccc1C(=O)N1CCCC1c1cccc(-n2ccnc2)n1. The molecule has 1 atom stereocenters. The van der Waals surface area contributed by atoms with Crippen molar-refractivity contribution in [3.05, 3.63) is 72.4 Å². The first-order valence-corrected chi connectivity index (χ1v) is 10.3. The number of likely N-dealkylation sites (N-methyl/N-ethyl adjacent to an activating group) is 1. The molecule has 0 radical (unpaired) electrons. The van der Waals surface area contributed by atoms with Crippen molar-refractivity contribution in [3.8, 4) is 11.6 Å². The lowest BCUT2D eigenvalue weighted by Gasteiger charge is -2.25. The highest BCUT2D eigenvalue weighted by Gasteiger charge is 2.32. The highest BCUT2D eigenvalue weighted by atomic mass is 16.5. The number of imidazole rings is 1. The minimum absolute atomic E-state index is 0.00668. The number of rotatable bonds is 7. The molecule has 1 unspecified atom stereocenters. The molecule has 1 aliphatic heterocycles. The maximum Gasteiger partial charge on any atom is 0.258 e. The molecule has 1 amide bonds. The van der Waals surface area contributed by atoms with E-state index in [1.54, 1.807) is 12.5 Å². The first kappa shape index (κ1) is 20.1. The fraction of sp³-hybridized carbons (Fsp3) is 0.348. The Hall–Kier alpha value is -3.19. The van der Waals surface area contributed by atoms with Crippen LogP contribution < -0.4 is 4.74 Å². The molecule has 7 nitrogen and oxygen atoms in total. The van der Waals surface area contributed by atoms with Crippen LogP contribution in [0.25, 0.3) is 5.82 Å². The van der Waals surface area contributed by atoms with Crippen LogP contribution in [-0.4, -0.2) is 64.0 Å². The molecule has 30 heavy (non-hydrogen) atoms. The second-order valence-electron chi connectivity index (χ2n) is 7.70. The summed E-state index contributed by atoms with van der Waals surface area (Å²) in [7, 11) is 4.00. The lowest BCUT2D eigenvalue weighted by molar-refractivity contribution is 0.0728. The third kappa shape index (κ3) is 4.36. The molecule has 156 valence electrons. The van der Waals surface area contributed by atoms with Crippen LogP contribution in [-0.2, 0) is 0 Å². The summed E-state index contributed by atoms with van der Waals surface area (Å²) >= 11 is 0. The van der Waals surface area contributed by atoms with Crippen molar-refractivity contribution >= 4 is 5.91 Å². The van der Waals surface area contributed by atoms with E-state index in [-0.39, 0.29) is 11.9 Å². The van der Waals surface area contributed by atoms with Gasteiger partial charge in [-0.3, -0.25) is 9.36 Å². The summed E-state index contributed by atoms with van der Waals surface area (Å²) in [4.78, 5) is 26.3. The summed E-state index contributed by atoms with van der Waals surface area (Å²) in [5.74, 6) is 1.43. The minimum Gasteiger partial charge on any atom is -0.491 e. The Balaban J connectivity index is 1.56. The van der Waals surface area contributed by atoms with Crippen LogP contribution in [0, 0.1) is 0 Å². The van der Waals surface area contributed by atoms with Crippen molar-refractivity contribution in [2.75, 3.05) is 33.8 Å². The molecule has 1 aliphatic rings. The Morgan fingerprint density at radius 2 is 2.07 bits per heavy atom. The second-order valence-corrected chi connectivity index (χ2v) is 7.70. The molecule has 0 aliphatic carbocycles. The Kier molecular flexibility index (Phi) is 6.09. The highest BCUT2D eigenvalue weighted by Crippen LogP contribution is 2.34. The van der Waals surface area contributed by atoms with E-state index >= 15 is 0 Å². The molecule has 1 aromatic carbocycles. The van der Waals surface area contributed by atoms with E-state index in [2.05, 4.69) is 9.88 Å². The molecule has 0 saturated carbocycles. The molecule has 1 saturated heterocycles. The number of benzene rings is 1. The van der Waals surface area contributed by atoms with E-state index in [0.717, 1.165) is 30.9 Å². The van der Waals surface area contributed by atoms with E-state index < -0.39 is 0 Å². The van der Waals surface area contributed by atoms with Gasteiger partial charge in [-0.2, -0.15) is 0 Å². The first-order valence-electron chi connectivity index (χ1n) is 10.3. The van der Waals surface area contributed by atoms with Gasteiger partial charge in [0, 0.05) is 25.5 Å². The van der Waals surface area contributed by atoms with Gasteiger partial charge in [-0.25, -0.2) is 9.97 Å². The van der Waals surface area contributed by atoms with Crippen LogP contribution in [0.15, 0.2) is 61.2 Å². The van der Waals surface area contributed by atoms with Gasteiger partial charge in [0.05, 0.1) is 17.3 Å². The lowest BCUT2D eigenvalue weighted by Crippen LogP contribution is -2.31. The molecule has 4 rings (SSSR count). The van der Waals surface area contributed by atoms with Gasteiger partial charge in [0.1, 0.15) is 24.5 Å². The van der Waals surface area contributed by atoms with E-state index in [4.69, 9.17) is 9.72 Å². The topological polar surface area (TPSA) is 63.5 Å². The summed E-state index contributed by atoms with van der Waals surface area (Å²) in [6.45, 7) is 2.04. The van der Waals surface area contributed by atoms with Crippen LogP contribution in [0.2, 0.25) is 0 Å². The number of likely N-dealkylation sites (tertiary alicyclic amines) is 1. The van der Waals surface area contributed by atoms with Gasteiger partial charge in [0.15, 0.2) is 0 Å². The summed E-state index contributed by atoms with van der Waals surface area (Å²) in [5.41, 5.74) is 1.51. The molecular weight excluding hydrogens is 378 g/mol. The fourth-order valence-electron chi connectivity index (χ4n) is 3.74. The van der Waals surface area contributed by atoms with Crippen molar-refractivity contribution in [1.29, 1.82) is 0 Å². The number of amides is 1. The Bertz CT molecular complexity index is 987. The Morgan fingerprint density at radius 1 is 1.20 bits per heavy atom. The highest BCUT2D eigenvalue weighted by molar-refractivity contribution is 5.97. The zero-order valence-electron chi connectivity index (χ0n) is 17.4. The number of ether oxygens (including phenoxy) is 1. The number of carbonyl (C=O) groups excluding carboxylic acids is 1. The molecule has 1 fully saturated rings. The van der Waals surface area contributed by atoms with Crippen molar-refractivity contribution in [3.63, 3.8) is 0 Å². The van der Waals surface area contributed by atoms with Crippen LogP contribution >= 0.6 is 0 Å². The van der Waals surface area contributed by atoms with E-state index in [9.17, 15) is 4.79 Å². The standard InChI is InChI=1S/C23H27N5O2/c1-26(2)15-16-30-21-10-4-3-7-18(21)23(29)28-13-6-9-20(28)19-8-5-11-22(25-19)27-14-12-24-17-27/h3-5,7-8,10-12,14,17,20H,6,9,13,15-16H2,1-2H3. The third-order valence-electron chi connectivity index (χ3n) is 5.29. The maximum absolute atomic E-state index is 13.5. The van der Waals surface area contributed by atoms with Crippen molar-refractivity contribution in [2.24, 2.45) is 0 Å². The van der Waals surface area contributed by atoms with E-state index in [1.807, 2.05) is 72.2 Å². The molecule has 2 aromatic heterocycles. The van der Waals surface area contributed by atoms with Crippen LogP contribution in [0.1, 0.15) is 34.9 Å². The molecule has 7 heteroatoms. The Labute approximate surface area is 176 Å². The van der Waals surface area contributed by atoms with Gasteiger partial charge in [0.25, 0.3) is 5.91 Å². The summed E-state index contributed by atoms with van der Waals surface area (Å²) in [5, 5.41) is 0. The molecule has 0 bridgehead atoms. The van der Waals surface area contributed by atoms with Crippen molar-refractivity contribution in [1.82, 2.24) is 24.3 Å². The zero-order valence-corrected chi connectivity index (χ0v) is 17.4. The number of para-hydroxylation sites is 1. The van der Waals surface area contributed by atoms with Gasteiger partial charge < -0.3 is 14.5 Å². The van der Waals surface area contributed by atoms with Crippen molar-refractivity contribution in [2.45, 2.75) is 18.9 Å². The average Bonchev–Trinajstić information content (AvgIpc) is 3.46. The van der Waals surface area contributed by atoms with Gasteiger partial charge in [-0.1, -0.05) is 18.2 Å². The number of aromatic nitrogens is 3. The van der Waals surface area contributed by atoms with Crippen LogP contribution in [0.3, 0.4) is 0 Å². The van der Waals surface area contributed by atoms with Crippen LogP contribution in [0.4, 0.5) is 0 Å². The smallest absolute Gasteiger partial charge is 0.258 e. The van der Waals surface area contributed by atoms with Gasteiger partial charge >= 0.3 is 0 Å². The minimum atomic E-state index is -0.0456. The molecular formula is C23H27N5O2. The first-order chi connectivity index (χ1) is 14.6. The predicted molar refractivity (Wildman–Crippen MR) is 115 cm³/mol. The molecule has 0 spiro atoms. The average molecular weight is 406 g/mol. The summed E-state index contributed by atoms with van der Waals surface area (Å²) in [6.07, 6.45) is 7.18. The zero-order chi connectivity index (χ0) is 20.9. The predicted octanol–water partition coefficient (Wildman–Crippen LogP) is 3.19. The number of nitrogens with zero attached hydrogens (tertiary/aromatic N) is 5. The molecule has 3 aromatic rings. The number of carbonyl (C=O) groups is 1. The van der Waals surface area contributed by atoms with Gasteiger partial charge in [-0.15, -0.1) is 0 Å². The maximum atomic E-state index is 13.5. The summed E-state index contributed by atoms with van der Waals surface area (Å²) < 4.78 is 7.80. The summed E-state index contributed by atoms with van der Waals surface area (Å²) in [6, 6.07) is 13.4. The Morgan fingerprint density at radius 3 is 2.87 bits per heavy atom. The number of pyridine rings is 1. The second kappa shape index (κ2) is 9.09. The number of hydrogen-bond acceptors (Lipinski definition) is 5. The third-order valence-corrected chi connectivity index (χ3v) is 5.29. The lowest BCUT2D eigenvalue weighted by atomic mass is 10.1. The number of hydrogen-bond donors (Lipinski definition) is 0. The van der Waals surface area contributed by atoms with Crippen molar-refractivity contribution < 1.29 is 9.53 Å². The van der Waals surface area contributed by atoms with E-state index in [1.165, 1.54) is 0 Å². The molecule has 3 heterocycles. The van der Waals surface area contributed by atoms with E-state index in [0.29, 0.717) is 24.5 Å². The van der Waals surface area contributed by atoms with Crippen LogP contribution in [0.5, 0.6) is 5.75 Å². The quantitative estimate of drug-likeness (QED) is 0.604. The normalized spacial score (nSPS) is 16.2. The van der Waals surface area contributed by atoms with Gasteiger partial charge in [0.2, 0.25) is 0 Å².